The van der Waals surface area contributed by atoms with Gasteiger partial charge in [-0.2, -0.15) is 0 Å². The number of benzene rings is 1. The Kier molecular flexibility index (Phi) is 4.49. The summed E-state index contributed by atoms with van der Waals surface area (Å²) in [7, 11) is 0. The molecule has 1 unspecified atom stereocenters. The summed E-state index contributed by atoms with van der Waals surface area (Å²) in [5.41, 5.74) is 1.29. The molecule has 2 aromatic rings. The Labute approximate surface area is 127 Å². The van der Waals surface area contributed by atoms with Crippen LogP contribution in [0.3, 0.4) is 0 Å². The van der Waals surface area contributed by atoms with Crippen LogP contribution in [0.15, 0.2) is 40.9 Å². The lowest BCUT2D eigenvalue weighted by atomic mass is 9.95. The predicted molar refractivity (Wildman–Crippen MR) is 85.8 cm³/mol. The molecule has 0 radical (unpaired) electrons. The summed E-state index contributed by atoms with van der Waals surface area (Å²) in [6.07, 6.45) is 0.214. The highest BCUT2D eigenvalue weighted by Gasteiger charge is 2.19. The second kappa shape index (κ2) is 5.78. The van der Waals surface area contributed by atoms with E-state index in [9.17, 15) is 5.11 Å². The number of hydrogen-bond acceptors (Lipinski definition) is 2. The maximum absolute atomic E-state index is 10.4. The maximum atomic E-state index is 10.4. The van der Waals surface area contributed by atoms with Crippen molar-refractivity contribution in [1.29, 1.82) is 0 Å². The molecule has 0 saturated carbocycles. The Balaban J connectivity index is 2.15. The van der Waals surface area contributed by atoms with E-state index in [-0.39, 0.29) is 5.41 Å². The first kappa shape index (κ1) is 14.8. The van der Waals surface area contributed by atoms with Gasteiger partial charge in [-0.3, -0.25) is 0 Å². The van der Waals surface area contributed by atoms with Crippen molar-refractivity contribution in [1.82, 2.24) is 0 Å². The fraction of sp³-hybridized carbons (Fsp3) is 0.375. The fourth-order valence-corrected chi connectivity index (χ4v) is 3.41. The number of aliphatic hydroxyl groups is 1. The number of rotatable bonds is 3. The van der Waals surface area contributed by atoms with Crippen LogP contribution in [0.1, 0.15) is 42.2 Å². The molecule has 0 aliphatic carbocycles. The van der Waals surface area contributed by atoms with E-state index >= 15 is 0 Å². The Bertz CT molecular complexity index is 554. The second-order valence-electron chi connectivity index (χ2n) is 5.76. The Morgan fingerprint density at radius 2 is 1.84 bits per heavy atom. The molecular formula is C16H19BrOS. The maximum Gasteiger partial charge on any atom is 0.0922 e. The fourth-order valence-electron chi connectivity index (χ4n) is 1.91. The van der Waals surface area contributed by atoms with E-state index < -0.39 is 6.10 Å². The summed E-state index contributed by atoms with van der Waals surface area (Å²) in [5.74, 6) is 0. The molecule has 0 bridgehead atoms. The first-order chi connectivity index (χ1) is 8.88. The van der Waals surface area contributed by atoms with Gasteiger partial charge in [-0.05, 0) is 29.2 Å². The number of thiophene rings is 1. The third-order valence-electron chi connectivity index (χ3n) is 3.07. The van der Waals surface area contributed by atoms with E-state index in [0.717, 1.165) is 14.9 Å². The van der Waals surface area contributed by atoms with Gasteiger partial charge in [-0.15, -0.1) is 11.3 Å². The zero-order valence-electron chi connectivity index (χ0n) is 11.5. The van der Waals surface area contributed by atoms with Crippen LogP contribution in [-0.2, 0) is 11.8 Å². The van der Waals surface area contributed by atoms with Gasteiger partial charge in [0, 0.05) is 20.6 Å². The molecule has 1 nitrogen and oxygen atoms in total. The molecule has 1 aromatic heterocycles. The first-order valence-electron chi connectivity index (χ1n) is 6.39. The number of aliphatic hydroxyl groups excluding tert-OH is 1. The summed E-state index contributed by atoms with van der Waals surface area (Å²) in [5, 5.41) is 10.4. The van der Waals surface area contributed by atoms with Gasteiger partial charge in [0.1, 0.15) is 0 Å². The molecule has 0 aliphatic rings. The van der Waals surface area contributed by atoms with Gasteiger partial charge >= 0.3 is 0 Å². The van der Waals surface area contributed by atoms with Gasteiger partial charge in [-0.1, -0.05) is 54.9 Å². The highest BCUT2D eigenvalue weighted by atomic mass is 79.9. The summed E-state index contributed by atoms with van der Waals surface area (Å²) < 4.78 is 1.06. The molecule has 0 aliphatic heterocycles. The molecule has 0 spiro atoms. The van der Waals surface area contributed by atoms with Crippen molar-refractivity contribution >= 4 is 27.3 Å². The minimum Gasteiger partial charge on any atom is -0.387 e. The lowest BCUT2D eigenvalue weighted by molar-refractivity contribution is 0.182. The van der Waals surface area contributed by atoms with Crippen LogP contribution in [0, 0.1) is 0 Å². The van der Waals surface area contributed by atoms with Crippen molar-refractivity contribution in [2.75, 3.05) is 0 Å². The second-order valence-corrected chi connectivity index (χ2v) is 7.73. The summed E-state index contributed by atoms with van der Waals surface area (Å²) in [6.45, 7) is 6.59. The van der Waals surface area contributed by atoms with Gasteiger partial charge in [0.05, 0.1) is 6.10 Å². The third-order valence-corrected chi connectivity index (χ3v) is 5.45. The van der Waals surface area contributed by atoms with Crippen LogP contribution in [-0.4, -0.2) is 5.11 Å². The normalized spacial score (nSPS) is 13.5. The Morgan fingerprint density at radius 3 is 2.42 bits per heavy atom. The van der Waals surface area contributed by atoms with Crippen LogP contribution < -0.4 is 0 Å². The molecule has 2 rings (SSSR count). The molecule has 1 aromatic carbocycles. The summed E-state index contributed by atoms with van der Waals surface area (Å²) in [6, 6.07) is 12.2. The lowest BCUT2D eigenvalue weighted by Crippen LogP contribution is -2.08. The number of halogens is 1. The molecule has 1 atom stereocenters. The zero-order valence-corrected chi connectivity index (χ0v) is 13.9. The van der Waals surface area contributed by atoms with E-state index in [4.69, 9.17) is 0 Å². The summed E-state index contributed by atoms with van der Waals surface area (Å²) in [4.78, 5) is 2.36. The molecule has 3 heteroatoms. The van der Waals surface area contributed by atoms with E-state index in [1.807, 2.05) is 30.3 Å². The monoisotopic (exact) mass is 338 g/mol. The van der Waals surface area contributed by atoms with Crippen LogP contribution in [0.2, 0.25) is 0 Å². The third kappa shape index (κ3) is 3.68. The standard InChI is InChI=1S/C16H19BrOS/c1-16(2,3)15-9-8-14(19-15)13(18)10-11-6-4-5-7-12(11)17/h4-9,13,18H,10H2,1-3H3. The molecule has 0 fully saturated rings. The van der Waals surface area contributed by atoms with E-state index in [1.54, 1.807) is 11.3 Å². The highest BCUT2D eigenvalue weighted by Crippen LogP contribution is 2.34. The lowest BCUT2D eigenvalue weighted by Gasteiger charge is -2.16. The van der Waals surface area contributed by atoms with Crippen molar-refractivity contribution in [2.45, 2.75) is 38.7 Å². The minimum absolute atomic E-state index is 0.149. The van der Waals surface area contributed by atoms with Crippen LogP contribution in [0.25, 0.3) is 0 Å². The molecule has 1 heterocycles. The largest absolute Gasteiger partial charge is 0.387 e. The van der Waals surface area contributed by atoms with Crippen molar-refractivity contribution in [3.05, 3.63) is 56.2 Å². The topological polar surface area (TPSA) is 20.2 Å². The molecule has 1 N–H and O–H groups in total. The molecule has 0 saturated heterocycles. The average Bonchev–Trinajstić information content (AvgIpc) is 2.81. The molecular weight excluding hydrogens is 320 g/mol. The molecule has 19 heavy (non-hydrogen) atoms. The highest BCUT2D eigenvalue weighted by molar-refractivity contribution is 9.10. The summed E-state index contributed by atoms with van der Waals surface area (Å²) >= 11 is 5.23. The van der Waals surface area contributed by atoms with Crippen LogP contribution in [0.4, 0.5) is 0 Å². The van der Waals surface area contributed by atoms with E-state index in [2.05, 4.69) is 42.8 Å². The zero-order chi connectivity index (χ0) is 14.0. The molecule has 0 amide bonds. The quantitative estimate of drug-likeness (QED) is 0.826. The van der Waals surface area contributed by atoms with Crippen molar-refractivity contribution in [3.63, 3.8) is 0 Å². The van der Waals surface area contributed by atoms with Gasteiger partial charge in [0.15, 0.2) is 0 Å². The smallest absolute Gasteiger partial charge is 0.0922 e. The van der Waals surface area contributed by atoms with Crippen LogP contribution in [0.5, 0.6) is 0 Å². The van der Waals surface area contributed by atoms with Crippen molar-refractivity contribution < 1.29 is 5.11 Å². The first-order valence-corrected chi connectivity index (χ1v) is 8.00. The average molecular weight is 339 g/mol. The Morgan fingerprint density at radius 1 is 1.16 bits per heavy atom. The van der Waals surface area contributed by atoms with Gasteiger partial charge < -0.3 is 5.11 Å². The minimum atomic E-state index is -0.431. The predicted octanol–water partition coefficient (Wildman–Crippen LogP) is 5.08. The SMILES string of the molecule is CC(C)(C)c1ccc(C(O)Cc2ccccc2Br)s1. The van der Waals surface area contributed by atoms with Gasteiger partial charge in [-0.25, -0.2) is 0 Å². The van der Waals surface area contributed by atoms with E-state index in [1.165, 1.54) is 4.88 Å². The van der Waals surface area contributed by atoms with Crippen molar-refractivity contribution in [2.24, 2.45) is 0 Å². The van der Waals surface area contributed by atoms with Gasteiger partial charge in [0.25, 0.3) is 0 Å². The van der Waals surface area contributed by atoms with Crippen LogP contribution >= 0.6 is 27.3 Å². The van der Waals surface area contributed by atoms with E-state index in [0.29, 0.717) is 6.42 Å². The number of hydrogen-bond donors (Lipinski definition) is 1. The molecule has 102 valence electrons. The van der Waals surface area contributed by atoms with Crippen molar-refractivity contribution in [3.8, 4) is 0 Å². The Hall–Kier alpha value is -0.640. The van der Waals surface area contributed by atoms with Gasteiger partial charge in [0.2, 0.25) is 0 Å².